The molecule has 5 aromatic carbocycles. The monoisotopic (exact) mass is 748 g/mol. The Morgan fingerprint density at radius 2 is 1.50 bits per heavy atom. The minimum Gasteiger partial charge on any atom is -0.457 e. The van der Waals surface area contributed by atoms with Gasteiger partial charge in [-0.15, -0.1) is 0 Å². The number of benzene rings is 5. The van der Waals surface area contributed by atoms with Crippen molar-refractivity contribution >= 4 is 11.7 Å². The summed E-state index contributed by atoms with van der Waals surface area (Å²) in [6.07, 6.45) is 1.86. The molecule has 286 valence electrons. The average Bonchev–Trinajstić information content (AvgIpc) is 3.24. The Kier molecular flexibility index (Phi) is 12.8. The molecule has 0 spiro atoms. The number of urea groups is 1. The van der Waals surface area contributed by atoms with E-state index in [-0.39, 0.29) is 30.8 Å². The Bertz CT molecular complexity index is 2130. The van der Waals surface area contributed by atoms with E-state index < -0.39 is 6.29 Å². The fourth-order valence-corrected chi connectivity index (χ4v) is 6.86. The molecule has 0 bridgehead atoms. The van der Waals surface area contributed by atoms with Gasteiger partial charge in [0, 0.05) is 55.1 Å². The summed E-state index contributed by atoms with van der Waals surface area (Å²) in [7, 11) is 2.13. The number of carbonyl (C=O) groups excluding carboxylic acids is 1. The van der Waals surface area contributed by atoms with Gasteiger partial charge in [0.15, 0.2) is 6.29 Å². The molecule has 4 unspecified atom stereocenters. The van der Waals surface area contributed by atoms with E-state index >= 15 is 0 Å². The van der Waals surface area contributed by atoms with Crippen LogP contribution in [0.5, 0.6) is 11.5 Å². The predicted octanol–water partition coefficient (Wildman–Crippen LogP) is 9.32. The second kappa shape index (κ2) is 18.7. The number of anilines is 1. The molecule has 7 rings (SSSR count). The number of hydrogen-bond donors (Lipinski definition) is 3. The van der Waals surface area contributed by atoms with E-state index in [9.17, 15) is 9.90 Å². The maximum atomic E-state index is 12.7. The van der Waals surface area contributed by atoms with Crippen LogP contribution in [0.3, 0.4) is 0 Å². The van der Waals surface area contributed by atoms with Crippen LogP contribution in [0.2, 0.25) is 0 Å². The number of aromatic nitrogens is 1. The van der Waals surface area contributed by atoms with E-state index in [0.29, 0.717) is 18.0 Å². The highest BCUT2D eigenvalue weighted by molar-refractivity contribution is 5.89. The Morgan fingerprint density at radius 1 is 0.768 bits per heavy atom. The van der Waals surface area contributed by atoms with Gasteiger partial charge in [-0.1, -0.05) is 97.9 Å². The van der Waals surface area contributed by atoms with Crippen LogP contribution in [-0.4, -0.2) is 47.3 Å². The van der Waals surface area contributed by atoms with Crippen molar-refractivity contribution in [3.05, 3.63) is 180 Å². The molecule has 9 heteroatoms. The SMILES string of the molecule is CC1C(CN(C)CCc2ccccn2)OC(c2ccc(-c3cccc(CNC(=O)Nc4ccc(Oc5ccccc5)cc4)c3)cc2)OC1c1ccc(CO)cc1. The van der Waals surface area contributed by atoms with Crippen molar-refractivity contribution in [1.82, 2.24) is 15.2 Å². The second-order valence-electron chi connectivity index (χ2n) is 14.2. The van der Waals surface area contributed by atoms with E-state index in [1.165, 1.54) is 0 Å². The molecule has 1 aliphatic heterocycles. The van der Waals surface area contributed by atoms with Crippen LogP contribution < -0.4 is 15.4 Å². The van der Waals surface area contributed by atoms with Crippen molar-refractivity contribution in [2.75, 3.05) is 25.5 Å². The first-order valence-corrected chi connectivity index (χ1v) is 19.1. The summed E-state index contributed by atoms with van der Waals surface area (Å²) in [5, 5.41) is 15.5. The molecule has 6 aromatic rings. The van der Waals surface area contributed by atoms with Gasteiger partial charge in [0.2, 0.25) is 0 Å². The Morgan fingerprint density at radius 3 is 2.23 bits per heavy atom. The minimum atomic E-state index is -0.557. The van der Waals surface area contributed by atoms with Gasteiger partial charge in [-0.2, -0.15) is 0 Å². The summed E-state index contributed by atoms with van der Waals surface area (Å²) < 4.78 is 19.3. The van der Waals surface area contributed by atoms with Crippen molar-refractivity contribution in [3.8, 4) is 22.6 Å². The van der Waals surface area contributed by atoms with E-state index in [0.717, 1.165) is 64.3 Å². The molecule has 2 heterocycles. The summed E-state index contributed by atoms with van der Waals surface area (Å²) in [6, 6.07) is 47.0. The van der Waals surface area contributed by atoms with Gasteiger partial charge in [-0.3, -0.25) is 4.98 Å². The number of ether oxygens (including phenoxy) is 3. The zero-order chi connectivity index (χ0) is 38.7. The van der Waals surface area contributed by atoms with E-state index in [1.807, 2.05) is 109 Å². The lowest BCUT2D eigenvalue weighted by molar-refractivity contribution is -0.275. The molecule has 9 nitrogen and oxygen atoms in total. The minimum absolute atomic E-state index is 0.000502. The zero-order valence-corrected chi connectivity index (χ0v) is 31.8. The third-order valence-electron chi connectivity index (χ3n) is 10.1. The Labute approximate surface area is 328 Å². The van der Waals surface area contributed by atoms with Crippen LogP contribution in [0.15, 0.2) is 152 Å². The standard InChI is InChI=1S/C47H48N4O5/c1-33-44(31-51(2)28-26-40-11-6-7-27-48-40)55-46(56-45(33)37-16-14-34(32-52)15-17-37)38-20-18-36(19-21-38)39-10-8-9-35(29-39)30-49-47(53)50-41-22-24-43(25-23-41)54-42-12-4-3-5-13-42/h3-25,27,29,33,44-46,52H,26,28,30-32H2,1-2H3,(H2,49,50,53). The molecule has 0 aliphatic carbocycles. The molecule has 1 saturated heterocycles. The molecular formula is C47H48N4O5. The number of pyridine rings is 1. The number of amides is 2. The number of hydrogen-bond acceptors (Lipinski definition) is 7. The zero-order valence-electron chi connectivity index (χ0n) is 31.8. The first-order valence-electron chi connectivity index (χ1n) is 19.1. The van der Waals surface area contributed by atoms with Gasteiger partial charge in [-0.25, -0.2) is 4.79 Å². The Balaban J connectivity index is 0.979. The maximum absolute atomic E-state index is 12.7. The van der Waals surface area contributed by atoms with Gasteiger partial charge in [0.1, 0.15) is 11.5 Å². The van der Waals surface area contributed by atoms with Gasteiger partial charge in [0.05, 0.1) is 18.8 Å². The van der Waals surface area contributed by atoms with Gasteiger partial charge < -0.3 is 34.9 Å². The van der Waals surface area contributed by atoms with Crippen LogP contribution in [0.4, 0.5) is 10.5 Å². The fourth-order valence-electron chi connectivity index (χ4n) is 6.86. The summed E-state index contributed by atoms with van der Waals surface area (Å²) in [5.41, 5.74) is 7.67. The maximum Gasteiger partial charge on any atom is 0.319 e. The first-order chi connectivity index (χ1) is 27.4. The number of likely N-dealkylation sites (N-methyl/N-ethyl adjacent to an activating group) is 1. The summed E-state index contributed by atoms with van der Waals surface area (Å²) in [4.78, 5) is 19.5. The normalized spacial score (nSPS) is 18.0. The number of nitrogens with zero attached hydrogens (tertiary/aromatic N) is 2. The van der Waals surface area contributed by atoms with Gasteiger partial charge in [0.25, 0.3) is 0 Å². The summed E-state index contributed by atoms with van der Waals surface area (Å²) in [6.45, 7) is 4.16. The van der Waals surface area contributed by atoms with E-state index in [4.69, 9.17) is 14.2 Å². The molecule has 1 fully saturated rings. The summed E-state index contributed by atoms with van der Waals surface area (Å²) >= 11 is 0. The molecule has 1 aliphatic rings. The number of nitrogens with one attached hydrogen (secondary N) is 2. The fraction of sp³-hybridized carbons (Fsp3) is 0.234. The molecule has 0 radical (unpaired) electrons. The van der Waals surface area contributed by atoms with Gasteiger partial charge >= 0.3 is 6.03 Å². The lowest BCUT2D eigenvalue weighted by Crippen LogP contribution is -2.43. The first kappa shape index (κ1) is 38.4. The van der Waals surface area contributed by atoms with Crippen molar-refractivity contribution in [2.45, 2.75) is 45.0 Å². The average molecular weight is 749 g/mol. The lowest BCUT2D eigenvalue weighted by atomic mass is 9.90. The van der Waals surface area contributed by atoms with Crippen molar-refractivity contribution in [1.29, 1.82) is 0 Å². The molecule has 3 N–H and O–H groups in total. The topological polar surface area (TPSA) is 105 Å². The smallest absolute Gasteiger partial charge is 0.319 e. The highest BCUT2D eigenvalue weighted by Crippen LogP contribution is 2.42. The largest absolute Gasteiger partial charge is 0.457 e. The van der Waals surface area contributed by atoms with Crippen molar-refractivity contribution in [2.24, 2.45) is 5.92 Å². The number of para-hydroxylation sites is 1. The van der Waals surface area contributed by atoms with Crippen molar-refractivity contribution in [3.63, 3.8) is 0 Å². The molecule has 2 amide bonds. The second-order valence-corrected chi connectivity index (χ2v) is 14.2. The third kappa shape index (κ3) is 10.3. The third-order valence-corrected chi connectivity index (χ3v) is 10.1. The number of aliphatic hydroxyl groups is 1. The predicted molar refractivity (Wildman–Crippen MR) is 219 cm³/mol. The molecule has 56 heavy (non-hydrogen) atoms. The highest BCUT2D eigenvalue weighted by atomic mass is 16.7. The molecule has 0 saturated carbocycles. The van der Waals surface area contributed by atoms with Crippen molar-refractivity contribution < 1.29 is 24.1 Å². The molecule has 4 atom stereocenters. The Hall–Kier alpha value is -5.84. The number of carbonyl (C=O) groups is 1. The molecule has 1 aromatic heterocycles. The van der Waals surface area contributed by atoms with Crippen LogP contribution in [0, 0.1) is 5.92 Å². The van der Waals surface area contributed by atoms with Gasteiger partial charge in [-0.05, 0) is 89.5 Å². The van der Waals surface area contributed by atoms with Crippen LogP contribution in [0.25, 0.3) is 11.1 Å². The quantitative estimate of drug-likeness (QED) is 0.102. The van der Waals surface area contributed by atoms with Crippen LogP contribution >= 0.6 is 0 Å². The highest BCUT2D eigenvalue weighted by Gasteiger charge is 2.38. The molecular weight excluding hydrogens is 701 g/mol. The van der Waals surface area contributed by atoms with E-state index in [2.05, 4.69) is 77.0 Å². The van der Waals surface area contributed by atoms with E-state index in [1.54, 1.807) is 0 Å². The van der Waals surface area contributed by atoms with Crippen LogP contribution in [-0.2, 0) is 29.0 Å². The van der Waals surface area contributed by atoms with Crippen LogP contribution in [0.1, 0.15) is 47.3 Å². The lowest BCUT2D eigenvalue weighted by Gasteiger charge is -2.42. The number of aliphatic hydroxyl groups excluding tert-OH is 1. The summed E-state index contributed by atoms with van der Waals surface area (Å²) in [5.74, 6) is 1.53. The number of rotatable bonds is 14.